The Balaban J connectivity index is 1.44. The van der Waals surface area contributed by atoms with Crippen LogP contribution in [0.4, 0.5) is 18.0 Å². The van der Waals surface area contributed by atoms with Crippen molar-refractivity contribution in [3.8, 4) is 0 Å². The largest absolute Gasteiger partial charge is 0.449 e. The molecule has 1 aromatic rings. The van der Waals surface area contributed by atoms with Gasteiger partial charge in [-0.2, -0.15) is 13.2 Å². The van der Waals surface area contributed by atoms with Gasteiger partial charge in [0.15, 0.2) is 0 Å². The molecule has 7 nitrogen and oxygen atoms in total. The average molecular weight is 578 g/mol. The molecule has 0 aromatic heterocycles. The normalized spacial score (nSPS) is 23.3. The van der Waals surface area contributed by atoms with E-state index in [4.69, 9.17) is 27.9 Å². The summed E-state index contributed by atoms with van der Waals surface area (Å²) < 4.78 is 42.4. The third-order valence-electron chi connectivity index (χ3n) is 8.02. The van der Waals surface area contributed by atoms with E-state index in [2.05, 4.69) is 0 Å². The lowest BCUT2D eigenvalue weighted by molar-refractivity contribution is -0.142. The van der Waals surface area contributed by atoms with Crippen molar-refractivity contribution in [2.75, 3.05) is 39.8 Å². The summed E-state index contributed by atoms with van der Waals surface area (Å²) >= 11 is 12.3. The van der Waals surface area contributed by atoms with Gasteiger partial charge in [0.25, 0.3) is 0 Å². The molecule has 0 unspecified atom stereocenters. The summed E-state index contributed by atoms with van der Waals surface area (Å²) in [4.78, 5) is 43.6. The minimum absolute atomic E-state index is 0.0545. The van der Waals surface area contributed by atoms with Crippen molar-refractivity contribution in [1.29, 1.82) is 0 Å². The topological polar surface area (TPSA) is 70.2 Å². The molecule has 2 aliphatic heterocycles. The molecule has 210 valence electrons. The highest BCUT2D eigenvalue weighted by molar-refractivity contribution is 6.42. The second-order valence-electron chi connectivity index (χ2n) is 10.8. The maximum atomic E-state index is 13.5. The summed E-state index contributed by atoms with van der Waals surface area (Å²) in [6.45, 7) is 2.76. The quantitative estimate of drug-likeness (QED) is 0.457. The van der Waals surface area contributed by atoms with Crippen molar-refractivity contribution in [3.05, 3.63) is 33.8 Å². The van der Waals surface area contributed by atoms with E-state index >= 15 is 0 Å². The molecule has 1 saturated carbocycles. The maximum Gasteiger partial charge on any atom is 0.409 e. The summed E-state index contributed by atoms with van der Waals surface area (Å²) in [5.41, 5.74) is 0.513. The van der Waals surface area contributed by atoms with Gasteiger partial charge in [-0.25, -0.2) is 4.79 Å². The Kier molecular flexibility index (Phi) is 8.43. The Morgan fingerprint density at radius 2 is 1.74 bits per heavy atom. The highest BCUT2D eigenvalue weighted by Gasteiger charge is 2.48. The molecule has 1 aromatic carbocycles. The number of likely N-dealkylation sites (tertiary alicyclic amines) is 2. The van der Waals surface area contributed by atoms with E-state index in [-0.39, 0.29) is 35.6 Å². The summed E-state index contributed by atoms with van der Waals surface area (Å²) in [5.74, 6) is -0.482. The fraction of sp³-hybridized carbons (Fsp3) is 0.654. The molecule has 3 aliphatic rings. The van der Waals surface area contributed by atoms with Gasteiger partial charge in [0.05, 0.1) is 22.5 Å². The molecule has 12 heteroatoms. The fourth-order valence-electron chi connectivity index (χ4n) is 5.29. The molecule has 3 fully saturated rings. The molecular formula is C26H32Cl2F3N3O4. The third kappa shape index (κ3) is 6.50. The monoisotopic (exact) mass is 577 g/mol. The van der Waals surface area contributed by atoms with Gasteiger partial charge < -0.3 is 19.4 Å². The molecule has 2 atom stereocenters. The van der Waals surface area contributed by atoms with Crippen LogP contribution in [0.5, 0.6) is 0 Å². The van der Waals surface area contributed by atoms with E-state index in [1.54, 1.807) is 23.1 Å². The van der Waals surface area contributed by atoms with Crippen LogP contribution in [0, 0.1) is 11.3 Å². The van der Waals surface area contributed by atoms with Gasteiger partial charge >= 0.3 is 12.3 Å². The number of likely N-dealkylation sites (N-methyl/N-ethyl adjacent to an activating group) is 1. The van der Waals surface area contributed by atoms with Gasteiger partial charge in [-0.1, -0.05) is 36.2 Å². The zero-order valence-corrected chi connectivity index (χ0v) is 22.9. The number of ether oxygens (including phenoxy) is 1. The van der Waals surface area contributed by atoms with Crippen LogP contribution in [0.25, 0.3) is 0 Å². The van der Waals surface area contributed by atoms with Gasteiger partial charge in [-0.05, 0) is 43.4 Å². The number of carbonyl (C=O) groups is 3. The van der Waals surface area contributed by atoms with Crippen LogP contribution in [-0.4, -0.2) is 84.7 Å². The maximum absolute atomic E-state index is 13.5. The highest BCUT2D eigenvalue weighted by atomic mass is 35.5. The first-order valence-corrected chi connectivity index (χ1v) is 13.5. The van der Waals surface area contributed by atoms with E-state index < -0.39 is 31.3 Å². The molecule has 3 amide bonds. The van der Waals surface area contributed by atoms with E-state index in [1.165, 1.54) is 11.9 Å². The number of piperidine rings is 1. The van der Waals surface area contributed by atoms with Gasteiger partial charge in [0.1, 0.15) is 6.61 Å². The molecule has 0 N–H and O–H groups in total. The first-order valence-electron chi connectivity index (χ1n) is 12.8. The second-order valence-corrected chi connectivity index (χ2v) is 11.6. The van der Waals surface area contributed by atoms with Gasteiger partial charge in [-0.15, -0.1) is 0 Å². The number of rotatable bonds is 6. The Labute approximate surface area is 230 Å². The molecule has 0 radical (unpaired) electrons. The van der Waals surface area contributed by atoms with Crippen LogP contribution >= 0.6 is 23.2 Å². The van der Waals surface area contributed by atoms with Crippen LogP contribution in [0.15, 0.2) is 18.2 Å². The van der Waals surface area contributed by atoms with Crippen LogP contribution < -0.4 is 0 Å². The van der Waals surface area contributed by atoms with E-state index in [0.717, 1.165) is 18.4 Å². The first kappa shape index (κ1) is 28.8. The van der Waals surface area contributed by atoms with Crippen molar-refractivity contribution in [2.45, 2.75) is 57.2 Å². The van der Waals surface area contributed by atoms with Crippen LogP contribution in [-0.2, 0) is 14.3 Å². The van der Waals surface area contributed by atoms with Gasteiger partial charge in [0.2, 0.25) is 11.8 Å². The van der Waals surface area contributed by atoms with Crippen molar-refractivity contribution in [3.63, 3.8) is 0 Å². The number of hydrogen-bond donors (Lipinski definition) is 0. The molecule has 2 heterocycles. The zero-order chi connectivity index (χ0) is 27.8. The Morgan fingerprint density at radius 1 is 1.08 bits per heavy atom. The van der Waals surface area contributed by atoms with Crippen molar-refractivity contribution < 1.29 is 32.3 Å². The summed E-state index contributed by atoms with van der Waals surface area (Å²) in [6, 6.07) is 4.55. The number of halogens is 5. The Hall–Kier alpha value is -2.20. The average Bonchev–Trinajstić information content (AvgIpc) is 3.47. The molecular weight excluding hydrogens is 546 g/mol. The molecule has 4 rings (SSSR count). The standard InChI is InChI=1S/C26H32Cl2F3N3O4/c1-25(7-8-25)23(36)33-10-5-16(6-11-33)22(35)34-14-18(17-3-4-19(27)20(28)13-17)21(15-34)32(2)24(37)38-12-9-26(29,30)31/h3-4,13,16,18,21H,5-12,14-15H2,1-2H3/t18-,21+/m0/s1. The van der Waals surface area contributed by atoms with Crippen LogP contribution in [0.2, 0.25) is 10.0 Å². The predicted molar refractivity (Wildman–Crippen MR) is 136 cm³/mol. The number of hydrogen-bond acceptors (Lipinski definition) is 4. The summed E-state index contributed by atoms with van der Waals surface area (Å²) in [5, 5.41) is 0.684. The van der Waals surface area contributed by atoms with Crippen molar-refractivity contribution >= 4 is 41.1 Å². The lowest BCUT2D eigenvalue weighted by Gasteiger charge is -2.34. The number of alkyl halides is 3. The highest BCUT2D eigenvalue weighted by Crippen LogP contribution is 2.47. The zero-order valence-electron chi connectivity index (χ0n) is 21.4. The van der Waals surface area contributed by atoms with E-state index in [1.807, 2.05) is 11.8 Å². The smallest absolute Gasteiger partial charge is 0.409 e. The predicted octanol–water partition coefficient (Wildman–Crippen LogP) is 5.35. The second kappa shape index (κ2) is 11.1. The molecule has 0 bridgehead atoms. The van der Waals surface area contributed by atoms with Gasteiger partial charge in [0, 0.05) is 50.5 Å². The lowest BCUT2D eigenvalue weighted by Crippen LogP contribution is -2.46. The van der Waals surface area contributed by atoms with Crippen LogP contribution in [0.1, 0.15) is 50.5 Å². The molecule has 1 aliphatic carbocycles. The van der Waals surface area contributed by atoms with E-state index in [0.29, 0.717) is 42.5 Å². The Bertz CT molecular complexity index is 1070. The number of benzene rings is 1. The first-order chi connectivity index (χ1) is 17.8. The third-order valence-corrected chi connectivity index (χ3v) is 8.76. The SMILES string of the molecule is CN(C(=O)OCCC(F)(F)F)[C@@H]1CN(C(=O)C2CCN(C(=O)C3(C)CC3)CC2)C[C@H]1c1ccc(Cl)c(Cl)c1. The number of carbonyl (C=O) groups excluding carboxylic acids is 3. The van der Waals surface area contributed by atoms with Crippen molar-refractivity contribution in [1.82, 2.24) is 14.7 Å². The van der Waals surface area contributed by atoms with E-state index in [9.17, 15) is 27.6 Å². The summed E-state index contributed by atoms with van der Waals surface area (Å²) in [6.07, 6.45) is -3.63. The Morgan fingerprint density at radius 3 is 2.32 bits per heavy atom. The molecule has 38 heavy (non-hydrogen) atoms. The van der Waals surface area contributed by atoms with Crippen LogP contribution in [0.3, 0.4) is 0 Å². The summed E-state index contributed by atoms with van der Waals surface area (Å²) in [7, 11) is 1.46. The fourth-order valence-corrected chi connectivity index (χ4v) is 5.60. The lowest BCUT2D eigenvalue weighted by atomic mass is 9.93. The van der Waals surface area contributed by atoms with Gasteiger partial charge in [-0.3, -0.25) is 9.59 Å². The number of nitrogens with zero attached hydrogens (tertiary/aromatic N) is 3. The number of amides is 3. The van der Waals surface area contributed by atoms with Crippen molar-refractivity contribution in [2.24, 2.45) is 11.3 Å². The molecule has 0 spiro atoms. The minimum Gasteiger partial charge on any atom is -0.449 e. The molecule has 2 saturated heterocycles. The minimum atomic E-state index is -4.44.